The van der Waals surface area contributed by atoms with Gasteiger partial charge < -0.3 is 15.2 Å². The Labute approximate surface area is 147 Å². The molecule has 2 aromatic rings. The molecule has 0 spiro atoms. The summed E-state index contributed by atoms with van der Waals surface area (Å²) in [4.78, 5) is 29.9. The highest BCUT2D eigenvalue weighted by atomic mass is 16.2. The Balaban J connectivity index is 1.39. The molecule has 0 saturated heterocycles. The van der Waals surface area contributed by atoms with Crippen molar-refractivity contribution in [3.05, 3.63) is 35.5 Å². The van der Waals surface area contributed by atoms with Gasteiger partial charge in [-0.2, -0.15) is 0 Å². The van der Waals surface area contributed by atoms with Crippen LogP contribution >= 0.6 is 0 Å². The fourth-order valence-electron chi connectivity index (χ4n) is 4.02. The van der Waals surface area contributed by atoms with Gasteiger partial charge >= 0.3 is 0 Å². The van der Waals surface area contributed by atoms with Gasteiger partial charge in [0.05, 0.1) is 6.04 Å². The second kappa shape index (κ2) is 6.21. The Bertz CT molecular complexity index is 825. The van der Waals surface area contributed by atoms with Crippen molar-refractivity contribution in [2.45, 2.75) is 39.2 Å². The minimum absolute atomic E-state index is 0.0443. The average molecular weight is 339 g/mol. The van der Waals surface area contributed by atoms with E-state index in [1.165, 1.54) is 10.9 Å². The topological polar surface area (TPSA) is 65.2 Å². The zero-order valence-electron chi connectivity index (χ0n) is 14.8. The summed E-state index contributed by atoms with van der Waals surface area (Å²) in [6, 6.07) is 8.36. The SMILES string of the molecule is CC1CC1C(=O)NCCC(=O)N1CCc2c([nH]c3ccccc23)C1C. The molecular formula is C20H25N3O2. The third-order valence-corrected chi connectivity index (χ3v) is 5.74. The highest BCUT2D eigenvalue weighted by Crippen LogP contribution is 2.37. The first-order valence-corrected chi connectivity index (χ1v) is 9.23. The molecule has 5 nitrogen and oxygen atoms in total. The molecule has 2 N–H and O–H groups in total. The number of aromatic nitrogens is 1. The Morgan fingerprint density at radius 3 is 2.80 bits per heavy atom. The number of carbonyl (C=O) groups is 2. The third-order valence-electron chi connectivity index (χ3n) is 5.74. The van der Waals surface area contributed by atoms with Crippen LogP contribution in [0.1, 0.15) is 44.0 Å². The van der Waals surface area contributed by atoms with E-state index in [2.05, 4.69) is 42.3 Å². The van der Waals surface area contributed by atoms with Crippen LogP contribution in [0.15, 0.2) is 24.3 Å². The van der Waals surface area contributed by atoms with E-state index in [0.29, 0.717) is 18.9 Å². The maximum absolute atomic E-state index is 12.6. The molecule has 2 amide bonds. The van der Waals surface area contributed by atoms with Crippen molar-refractivity contribution in [3.8, 4) is 0 Å². The predicted molar refractivity (Wildman–Crippen MR) is 97.0 cm³/mol. The summed E-state index contributed by atoms with van der Waals surface area (Å²) in [5, 5.41) is 4.17. The molecule has 1 aromatic carbocycles. The van der Waals surface area contributed by atoms with Gasteiger partial charge in [0, 0.05) is 42.0 Å². The number of hydrogen-bond donors (Lipinski definition) is 2. The molecule has 1 aliphatic heterocycles. The van der Waals surface area contributed by atoms with E-state index in [-0.39, 0.29) is 23.8 Å². The van der Waals surface area contributed by atoms with Crippen LogP contribution in [0.3, 0.4) is 0 Å². The summed E-state index contributed by atoms with van der Waals surface area (Å²) >= 11 is 0. The average Bonchev–Trinajstić information content (AvgIpc) is 3.21. The molecule has 2 aliphatic rings. The van der Waals surface area contributed by atoms with E-state index in [1.807, 2.05) is 11.0 Å². The zero-order valence-corrected chi connectivity index (χ0v) is 14.8. The molecule has 25 heavy (non-hydrogen) atoms. The van der Waals surface area contributed by atoms with Gasteiger partial charge in [-0.1, -0.05) is 25.1 Å². The van der Waals surface area contributed by atoms with Crippen LogP contribution < -0.4 is 5.32 Å². The lowest BCUT2D eigenvalue weighted by Gasteiger charge is -2.33. The Morgan fingerprint density at radius 1 is 1.28 bits per heavy atom. The van der Waals surface area contributed by atoms with E-state index in [1.54, 1.807) is 0 Å². The molecule has 3 atom stereocenters. The van der Waals surface area contributed by atoms with Crippen LogP contribution in [0.4, 0.5) is 0 Å². The second-order valence-electron chi connectivity index (χ2n) is 7.44. The van der Waals surface area contributed by atoms with Gasteiger partial charge in [-0.25, -0.2) is 0 Å². The molecule has 0 bridgehead atoms. The number of nitrogens with one attached hydrogen (secondary N) is 2. The number of amides is 2. The fraction of sp³-hybridized carbons (Fsp3) is 0.500. The van der Waals surface area contributed by atoms with Crippen molar-refractivity contribution in [2.24, 2.45) is 11.8 Å². The zero-order chi connectivity index (χ0) is 17.6. The summed E-state index contributed by atoms with van der Waals surface area (Å²) < 4.78 is 0. The first-order valence-electron chi connectivity index (χ1n) is 9.23. The van der Waals surface area contributed by atoms with Crippen LogP contribution in [0, 0.1) is 11.8 Å². The Hall–Kier alpha value is -2.30. The number of para-hydroxylation sites is 1. The number of hydrogen-bond acceptors (Lipinski definition) is 2. The van der Waals surface area contributed by atoms with Gasteiger partial charge in [0.2, 0.25) is 11.8 Å². The summed E-state index contributed by atoms with van der Waals surface area (Å²) in [5.41, 5.74) is 3.62. The molecule has 132 valence electrons. The van der Waals surface area contributed by atoms with Crippen molar-refractivity contribution in [1.82, 2.24) is 15.2 Å². The number of rotatable bonds is 4. The standard InChI is InChI=1S/C20H25N3O2/c1-12-11-16(12)20(25)21-9-7-18(24)23-10-8-15-14-5-3-4-6-17(14)22-19(15)13(23)2/h3-6,12-13,16,22H,7-11H2,1-2H3,(H,21,25). The molecule has 3 unspecified atom stereocenters. The first kappa shape index (κ1) is 16.2. The number of H-pyrrole nitrogens is 1. The van der Waals surface area contributed by atoms with Crippen molar-refractivity contribution in [1.29, 1.82) is 0 Å². The quantitative estimate of drug-likeness (QED) is 0.899. The maximum atomic E-state index is 12.6. The highest BCUT2D eigenvalue weighted by molar-refractivity contribution is 5.86. The van der Waals surface area contributed by atoms with Gasteiger partial charge in [-0.15, -0.1) is 0 Å². The number of aromatic amines is 1. The van der Waals surface area contributed by atoms with Gasteiger partial charge in [0.1, 0.15) is 0 Å². The molecule has 1 fully saturated rings. The molecule has 1 saturated carbocycles. The van der Waals surface area contributed by atoms with Crippen molar-refractivity contribution in [3.63, 3.8) is 0 Å². The van der Waals surface area contributed by atoms with E-state index >= 15 is 0 Å². The highest BCUT2D eigenvalue weighted by Gasteiger charge is 2.39. The largest absolute Gasteiger partial charge is 0.356 e. The minimum atomic E-state index is 0.0443. The molecule has 5 heteroatoms. The lowest BCUT2D eigenvalue weighted by molar-refractivity contribution is -0.133. The lowest BCUT2D eigenvalue weighted by atomic mass is 9.98. The van der Waals surface area contributed by atoms with E-state index < -0.39 is 0 Å². The Kier molecular flexibility index (Phi) is 4.02. The summed E-state index contributed by atoms with van der Waals surface area (Å²) in [5.74, 6) is 0.877. The molecule has 1 aliphatic carbocycles. The smallest absolute Gasteiger partial charge is 0.224 e. The number of nitrogens with zero attached hydrogens (tertiary/aromatic N) is 1. The predicted octanol–water partition coefficient (Wildman–Crippen LogP) is 2.78. The van der Waals surface area contributed by atoms with E-state index in [9.17, 15) is 9.59 Å². The van der Waals surface area contributed by atoms with Crippen molar-refractivity contribution < 1.29 is 9.59 Å². The lowest BCUT2D eigenvalue weighted by Crippen LogP contribution is -2.40. The summed E-state index contributed by atoms with van der Waals surface area (Å²) in [6.07, 6.45) is 2.22. The van der Waals surface area contributed by atoms with Crippen LogP contribution in [0.2, 0.25) is 0 Å². The van der Waals surface area contributed by atoms with Crippen LogP contribution in [-0.4, -0.2) is 34.8 Å². The van der Waals surface area contributed by atoms with E-state index in [4.69, 9.17) is 0 Å². The Morgan fingerprint density at radius 2 is 2.04 bits per heavy atom. The van der Waals surface area contributed by atoms with Gasteiger partial charge in [-0.3, -0.25) is 9.59 Å². The van der Waals surface area contributed by atoms with Gasteiger partial charge in [-0.05, 0) is 37.3 Å². The monoisotopic (exact) mass is 339 g/mol. The van der Waals surface area contributed by atoms with Crippen molar-refractivity contribution >= 4 is 22.7 Å². The molecule has 2 heterocycles. The van der Waals surface area contributed by atoms with Crippen LogP contribution in [-0.2, 0) is 16.0 Å². The van der Waals surface area contributed by atoms with Crippen LogP contribution in [0.25, 0.3) is 10.9 Å². The van der Waals surface area contributed by atoms with Crippen molar-refractivity contribution in [2.75, 3.05) is 13.1 Å². The second-order valence-corrected chi connectivity index (χ2v) is 7.44. The summed E-state index contributed by atoms with van der Waals surface area (Å²) in [7, 11) is 0. The molecule has 4 rings (SSSR count). The minimum Gasteiger partial charge on any atom is -0.356 e. The van der Waals surface area contributed by atoms with Crippen LogP contribution in [0.5, 0.6) is 0 Å². The van der Waals surface area contributed by atoms with E-state index in [0.717, 1.165) is 30.6 Å². The van der Waals surface area contributed by atoms with Gasteiger partial charge in [0.25, 0.3) is 0 Å². The molecule has 1 aromatic heterocycles. The molecular weight excluding hydrogens is 314 g/mol. The maximum Gasteiger partial charge on any atom is 0.224 e. The van der Waals surface area contributed by atoms with Gasteiger partial charge in [0.15, 0.2) is 0 Å². The number of fused-ring (bicyclic) bond motifs is 3. The first-order chi connectivity index (χ1) is 12.1. The fourth-order valence-corrected chi connectivity index (χ4v) is 4.02. The molecule has 0 radical (unpaired) electrons. The summed E-state index contributed by atoms with van der Waals surface area (Å²) in [6.45, 7) is 5.34. The third kappa shape index (κ3) is 2.92. The number of carbonyl (C=O) groups excluding carboxylic acids is 2. The number of benzene rings is 1. The normalized spacial score (nSPS) is 24.9.